The summed E-state index contributed by atoms with van der Waals surface area (Å²) in [6.07, 6.45) is 0. The molecular formula is C15H24N4O2. The molecule has 0 unspecified atom stereocenters. The SMILES string of the molecule is CCNc1cc([N+](=O)[O-])cc(NCC2C(C)(C)C2(C)C)n1. The Morgan fingerprint density at radius 3 is 2.14 bits per heavy atom. The van der Waals surface area contributed by atoms with Gasteiger partial charge in [0.25, 0.3) is 5.69 Å². The minimum absolute atomic E-state index is 0.0535. The lowest BCUT2D eigenvalue weighted by Crippen LogP contribution is -2.11. The predicted octanol–water partition coefficient (Wildman–Crippen LogP) is 3.52. The first-order valence-corrected chi connectivity index (χ1v) is 7.34. The number of nitrogens with zero attached hydrogens (tertiary/aromatic N) is 2. The fourth-order valence-electron chi connectivity index (χ4n) is 3.03. The van der Waals surface area contributed by atoms with Crippen LogP contribution in [0.15, 0.2) is 12.1 Å². The lowest BCUT2D eigenvalue weighted by molar-refractivity contribution is -0.384. The van der Waals surface area contributed by atoms with E-state index in [9.17, 15) is 10.1 Å². The largest absolute Gasteiger partial charge is 0.370 e. The van der Waals surface area contributed by atoms with Gasteiger partial charge in [-0.15, -0.1) is 0 Å². The summed E-state index contributed by atoms with van der Waals surface area (Å²) in [5.74, 6) is 1.62. The maximum absolute atomic E-state index is 11.0. The zero-order chi connectivity index (χ0) is 15.8. The number of nitro groups is 1. The number of nitrogens with one attached hydrogen (secondary N) is 2. The number of anilines is 2. The van der Waals surface area contributed by atoms with Crippen molar-refractivity contribution in [3.63, 3.8) is 0 Å². The van der Waals surface area contributed by atoms with Crippen molar-refractivity contribution in [2.45, 2.75) is 34.6 Å². The molecule has 1 aromatic rings. The number of rotatable bonds is 6. The third kappa shape index (κ3) is 2.80. The van der Waals surface area contributed by atoms with Gasteiger partial charge in [-0.25, -0.2) is 4.98 Å². The van der Waals surface area contributed by atoms with Crippen LogP contribution in [0.3, 0.4) is 0 Å². The van der Waals surface area contributed by atoms with Crippen molar-refractivity contribution >= 4 is 17.3 Å². The molecule has 2 N–H and O–H groups in total. The van der Waals surface area contributed by atoms with Crippen LogP contribution in [0.25, 0.3) is 0 Å². The minimum Gasteiger partial charge on any atom is -0.370 e. The Bertz CT molecular complexity index is 541. The Kier molecular flexibility index (Phi) is 3.82. The van der Waals surface area contributed by atoms with E-state index in [0.29, 0.717) is 24.1 Å². The van der Waals surface area contributed by atoms with Crippen molar-refractivity contribution in [3.8, 4) is 0 Å². The fourth-order valence-corrected chi connectivity index (χ4v) is 3.03. The van der Waals surface area contributed by atoms with Crippen LogP contribution < -0.4 is 10.6 Å². The van der Waals surface area contributed by atoms with Gasteiger partial charge < -0.3 is 10.6 Å². The smallest absolute Gasteiger partial charge is 0.276 e. The number of hydrogen-bond donors (Lipinski definition) is 2. The van der Waals surface area contributed by atoms with Gasteiger partial charge in [-0.1, -0.05) is 27.7 Å². The molecular weight excluding hydrogens is 268 g/mol. The topological polar surface area (TPSA) is 80.1 Å². The number of pyridine rings is 1. The first-order valence-electron chi connectivity index (χ1n) is 7.34. The Morgan fingerprint density at radius 1 is 1.19 bits per heavy atom. The van der Waals surface area contributed by atoms with E-state index in [1.54, 1.807) is 0 Å². The summed E-state index contributed by atoms with van der Waals surface area (Å²) in [5.41, 5.74) is 0.619. The van der Waals surface area contributed by atoms with Crippen molar-refractivity contribution in [2.24, 2.45) is 16.7 Å². The van der Waals surface area contributed by atoms with Crippen LogP contribution in [0.4, 0.5) is 17.3 Å². The molecule has 1 heterocycles. The molecule has 0 atom stereocenters. The van der Waals surface area contributed by atoms with Gasteiger partial charge in [-0.2, -0.15) is 0 Å². The lowest BCUT2D eigenvalue weighted by Gasteiger charge is -2.09. The first-order chi connectivity index (χ1) is 9.70. The van der Waals surface area contributed by atoms with E-state index in [0.717, 1.165) is 6.54 Å². The van der Waals surface area contributed by atoms with Crippen LogP contribution in [0.5, 0.6) is 0 Å². The Hall–Kier alpha value is -1.85. The highest BCUT2D eigenvalue weighted by molar-refractivity contribution is 5.54. The quantitative estimate of drug-likeness (QED) is 0.619. The van der Waals surface area contributed by atoms with E-state index < -0.39 is 4.92 Å². The standard InChI is InChI=1S/C15H24N4O2/c1-6-16-12-7-10(19(20)21)8-13(18-12)17-9-11-14(2,3)15(11,4)5/h7-8,11H,6,9H2,1-5H3,(H2,16,17,18). The van der Waals surface area contributed by atoms with E-state index in [1.807, 2.05) is 6.92 Å². The van der Waals surface area contributed by atoms with Crippen molar-refractivity contribution in [1.29, 1.82) is 0 Å². The average Bonchev–Trinajstić information content (AvgIpc) is 2.77. The minimum atomic E-state index is -0.390. The summed E-state index contributed by atoms with van der Waals surface area (Å²) in [6, 6.07) is 2.95. The normalized spacial score (nSPS) is 19.1. The molecule has 0 radical (unpaired) electrons. The first kappa shape index (κ1) is 15.5. The van der Waals surface area contributed by atoms with Crippen LogP contribution in [0, 0.1) is 26.9 Å². The molecule has 1 fully saturated rings. The van der Waals surface area contributed by atoms with Gasteiger partial charge in [0.05, 0.1) is 17.1 Å². The summed E-state index contributed by atoms with van der Waals surface area (Å²) in [5, 5.41) is 17.3. The van der Waals surface area contributed by atoms with Crippen molar-refractivity contribution in [3.05, 3.63) is 22.2 Å². The van der Waals surface area contributed by atoms with E-state index >= 15 is 0 Å². The Morgan fingerprint density at radius 2 is 1.71 bits per heavy atom. The summed E-state index contributed by atoms with van der Waals surface area (Å²) >= 11 is 0. The van der Waals surface area contributed by atoms with Crippen LogP contribution in [0.1, 0.15) is 34.6 Å². The molecule has 2 rings (SSSR count). The van der Waals surface area contributed by atoms with Gasteiger partial charge in [0.15, 0.2) is 0 Å². The molecule has 0 spiro atoms. The van der Waals surface area contributed by atoms with E-state index in [4.69, 9.17) is 0 Å². The molecule has 1 aromatic heterocycles. The van der Waals surface area contributed by atoms with E-state index in [1.165, 1.54) is 12.1 Å². The van der Waals surface area contributed by atoms with Gasteiger partial charge in [0.2, 0.25) is 0 Å². The summed E-state index contributed by atoms with van der Waals surface area (Å²) in [4.78, 5) is 15.0. The van der Waals surface area contributed by atoms with Crippen molar-refractivity contribution in [2.75, 3.05) is 23.7 Å². The van der Waals surface area contributed by atoms with E-state index in [-0.39, 0.29) is 16.5 Å². The van der Waals surface area contributed by atoms with E-state index in [2.05, 4.69) is 43.3 Å². The Balaban J connectivity index is 2.11. The highest BCUT2D eigenvalue weighted by Gasteiger charge is 2.64. The van der Waals surface area contributed by atoms with Gasteiger partial charge in [-0.3, -0.25) is 10.1 Å². The van der Waals surface area contributed by atoms with Gasteiger partial charge >= 0.3 is 0 Å². The van der Waals surface area contributed by atoms with Crippen LogP contribution in [-0.2, 0) is 0 Å². The molecule has 0 aromatic carbocycles. The number of aromatic nitrogens is 1. The van der Waals surface area contributed by atoms with Gasteiger partial charge in [0.1, 0.15) is 11.6 Å². The molecule has 0 saturated heterocycles. The number of hydrogen-bond acceptors (Lipinski definition) is 5. The molecule has 1 aliphatic rings. The molecule has 0 bridgehead atoms. The van der Waals surface area contributed by atoms with Gasteiger partial charge in [0, 0.05) is 13.1 Å². The average molecular weight is 292 g/mol. The summed E-state index contributed by atoms with van der Waals surface area (Å²) < 4.78 is 0. The van der Waals surface area contributed by atoms with Crippen LogP contribution in [0.2, 0.25) is 0 Å². The highest BCUT2D eigenvalue weighted by Crippen LogP contribution is 2.68. The zero-order valence-corrected chi connectivity index (χ0v) is 13.4. The highest BCUT2D eigenvalue weighted by atomic mass is 16.6. The molecule has 21 heavy (non-hydrogen) atoms. The molecule has 0 amide bonds. The molecule has 6 nitrogen and oxygen atoms in total. The molecule has 1 saturated carbocycles. The predicted molar refractivity (Wildman–Crippen MR) is 84.6 cm³/mol. The maximum atomic E-state index is 11.0. The van der Waals surface area contributed by atoms with Crippen LogP contribution >= 0.6 is 0 Å². The lowest BCUT2D eigenvalue weighted by atomic mass is 10.0. The summed E-state index contributed by atoms with van der Waals surface area (Å²) in [6.45, 7) is 12.4. The summed E-state index contributed by atoms with van der Waals surface area (Å²) in [7, 11) is 0. The van der Waals surface area contributed by atoms with Gasteiger partial charge in [-0.05, 0) is 23.7 Å². The second-order valence-corrected chi connectivity index (χ2v) is 6.76. The molecule has 1 aliphatic carbocycles. The van der Waals surface area contributed by atoms with Crippen LogP contribution in [-0.4, -0.2) is 23.0 Å². The third-order valence-electron chi connectivity index (χ3n) is 5.19. The van der Waals surface area contributed by atoms with Crippen molar-refractivity contribution < 1.29 is 4.92 Å². The molecule has 116 valence electrons. The Labute approximate surface area is 125 Å². The fraction of sp³-hybridized carbons (Fsp3) is 0.667. The second kappa shape index (κ2) is 5.16. The second-order valence-electron chi connectivity index (χ2n) is 6.76. The zero-order valence-electron chi connectivity index (χ0n) is 13.4. The maximum Gasteiger partial charge on any atom is 0.276 e. The third-order valence-corrected chi connectivity index (χ3v) is 5.19. The molecule has 6 heteroatoms. The van der Waals surface area contributed by atoms with Crippen molar-refractivity contribution in [1.82, 2.24) is 4.98 Å². The monoisotopic (exact) mass is 292 g/mol. The molecule has 0 aliphatic heterocycles.